The van der Waals surface area contributed by atoms with Crippen molar-refractivity contribution in [3.05, 3.63) is 59.4 Å². The minimum absolute atomic E-state index is 0.128. The number of hydrogen-bond acceptors (Lipinski definition) is 5. The van der Waals surface area contributed by atoms with Crippen LogP contribution in [0.5, 0.6) is 0 Å². The van der Waals surface area contributed by atoms with Crippen molar-refractivity contribution < 1.29 is 4.79 Å². The Morgan fingerprint density at radius 2 is 1.92 bits per heavy atom. The number of aromatic nitrogens is 4. The molecule has 8 heteroatoms. The molecular weight excluding hydrogens is 370 g/mol. The minimum atomic E-state index is -0.128. The molecule has 0 radical (unpaired) electrons. The van der Waals surface area contributed by atoms with Crippen LogP contribution in [0.15, 0.2) is 53.7 Å². The molecule has 0 bridgehead atoms. The third-order valence-electron chi connectivity index (χ3n) is 3.72. The first kappa shape index (κ1) is 16.8. The van der Waals surface area contributed by atoms with E-state index in [4.69, 9.17) is 11.6 Å². The number of benzene rings is 2. The van der Waals surface area contributed by atoms with Crippen molar-refractivity contribution in [3.63, 3.8) is 0 Å². The molecule has 26 heavy (non-hydrogen) atoms. The number of nitrogens with one attached hydrogen (secondary N) is 1. The predicted molar refractivity (Wildman–Crippen MR) is 104 cm³/mol. The molecule has 2 heterocycles. The molecule has 0 saturated carbocycles. The fourth-order valence-corrected chi connectivity index (χ4v) is 3.46. The summed E-state index contributed by atoms with van der Waals surface area (Å²) in [5.41, 5.74) is 2.27. The van der Waals surface area contributed by atoms with Crippen LogP contribution in [-0.4, -0.2) is 31.2 Å². The molecule has 0 spiro atoms. The van der Waals surface area contributed by atoms with Crippen molar-refractivity contribution in [3.8, 4) is 0 Å². The van der Waals surface area contributed by atoms with E-state index in [0.29, 0.717) is 21.7 Å². The summed E-state index contributed by atoms with van der Waals surface area (Å²) in [7, 11) is 0. The molecule has 0 aliphatic carbocycles. The van der Waals surface area contributed by atoms with Gasteiger partial charge in [0.2, 0.25) is 5.91 Å². The quantitative estimate of drug-likeness (QED) is 0.426. The lowest BCUT2D eigenvalue weighted by Gasteiger charge is -2.07. The van der Waals surface area contributed by atoms with Crippen LogP contribution in [-0.2, 0) is 4.79 Å². The smallest absolute Gasteiger partial charge is 0.234 e. The molecule has 1 amide bonds. The van der Waals surface area contributed by atoms with Gasteiger partial charge in [0, 0.05) is 16.1 Å². The summed E-state index contributed by atoms with van der Waals surface area (Å²) in [5.74, 6) is 0.745. The monoisotopic (exact) mass is 383 g/mol. The first-order chi connectivity index (χ1) is 12.6. The maximum atomic E-state index is 12.2. The average molecular weight is 384 g/mol. The molecule has 0 aliphatic rings. The van der Waals surface area contributed by atoms with Gasteiger partial charge >= 0.3 is 0 Å². The fraction of sp³-hybridized carbons (Fsp3) is 0.111. The highest BCUT2D eigenvalue weighted by Gasteiger charge is 2.13. The summed E-state index contributed by atoms with van der Waals surface area (Å²) in [6, 6.07) is 14.8. The van der Waals surface area contributed by atoms with Crippen LogP contribution in [0.1, 0.15) is 5.82 Å². The molecular formula is C18H14ClN5OS. The Kier molecular flexibility index (Phi) is 4.48. The van der Waals surface area contributed by atoms with Gasteiger partial charge in [0.25, 0.3) is 0 Å². The Bertz CT molecular complexity index is 1110. The molecule has 1 N–H and O–H groups in total. The Morgan fingerprint density at radius 3 is 2.73 bits per heavy atom. The highest BCUT2D eigenvalue weighted by Crippen LogP contribution is 2.24. The lowest BCUT2D eigenvalue weighted by atomic mass is 10.2. The largest absolute Gasteiger partial charge is 0.325 e. The molecule has 130 valence electrons. The standard InChI is InChI=1S/C18H14ClN5OS/c1-11-20-17-14-4-2-3-5-15(14)22-18(24(17)23-11)26-10-16(25)21-13-8-6-12(19)7-9-13/h2-9H,10H2,1H3,(H,21,25). The number of carbonyl (C=O) groups is 1. The molecule has 6 nitrogen and oxygen atoms in total. The number of anilines is 1. The van der Waals surface area contributed by atoms with Crippen molar-refractivity contribution in [1.29, 1.82) is 0 Å². The van der Waals surface area contributed by atoms with Crippen molar-refractivity contribution in [1.82, 2.24) is 19.6 Å². The highest BCUT2D eigenvalue weighted by atomic mass is 35.5. The summed E-state index contributed by atoms with van der Waals surface area (Å²) < 4.78 is 1.69. The summed E-state index contributed by atoms with van der Waals surface area (Å²) in [4.78, 5) is 21.4. The van der Waals surface area contributed by atoms with E-state index in [-0.39, 0.29) is 11.7 Å². The number of halogens is 1. The molecule has 0 fully saturated rings. The maximum Gasteiger partial charge on any atom is 0.234 e. The normalized spacial score (nSPS) is 11.2. The van der Waals surface area contributed by atoms with E-state index in [9.17, 15) is 4.79 Å². The third kappa shape index (κ3) is 3.36. The number of hydrogen-bond donors (Lipinski definition) is 1. The summed E-state index contributed by atoms with van der Waals surface area (Å²) >= 11 is 7.17. The molecule has 0 aliphatic heterocycles. The predicted octanol–water partition coefficient (Wildman–Crippen LogP) is 3.97. The fourth-order valence-electron chi connectivity index (χ4n) is 2.59. The first-order valence-corrected chi connectivity index (χ1v) is 9.27. The number of fused-ring (bicyclic) bond motifs is 3. The Balaban J connectivity index is 1.58. The number of thioether (sulfide) groups is 1. The van der Waals surface area contributed by atoms with Crippen LogP contribution in [0.25, 0.3) is 16.6 Å². The van der Waals surface area contributed by atoms with Gasteiger partial charge in [-0.15, -0.1) is 5.10 Å². The molecule has 2 aromatic carbocycles. The number of amides is 1. The van der Waals surface area contributed by atoms with Crippen LogP contribution >= 0.6 is 23.4 Å². The van der Waals surface area contributed by atoms with Gasteiger partial charge < -0.3 is 5.32 Å². The second-order valence-electron chi connectivity index (χ2n) is 5.65. The van der Waals surface area contributed by atoms with Gasteiger partial charge in [-0.2, -0.15) is 4.52 Å². The van der Waals surface area contributed by atoms with E-state index >= 15 is 0 Å². The lowest BCUT2D eigenvalue weighted by Crippen LogP contribution is -2.14. The SMILES string of the molecule is Cc1nc2c3ccccc3nc(SCC(=O)Nc3ccc(Cl)cc3)n2n1. The van der Waals surface area contributed by atoms with E-state index < -0.39 is 0 Å². The average Bonchev–Trinajstić information content (AvgIpc) is 3.03. The Labute approximate surface area is 158 Å². The highest BCUT2D eigenvalue weighted by molar-refractivity contribution is 7.99. The van der Waals surface area contributed by atoms with Crippen molar-refractivity contribution in [2.24, 2.45) is 0 Å². The number of para-hydroxylation sites is 1. The maximum absolute atomic E-state index is 12.2. The summed E-state index contributed by atoms with van der Waals surface area (Å²) in [5, 5.41) is 9.44. The van der Waals surface area contributed by atoms with Crippen LogP contribution < -0.4 is 5.32 Å². The topological polar surface area (TPSA) is 72.2 Å². The van der Waals surface area contributed by atoms with Crippen LogP contribution in [0.2, 0.25) is 5.02 Å². The van der Waals surface area contributed by atoms with Gasteiger partial charge in [-0.25, -0.2) is 9.97 Å². The van der Waals surface area contributed by atoms with Gasteiger partial charge in [0.1, 0.15) is 5.82 Å². The summed E-state index contributed by atoms with van der Waals surface area (Å²) in [6.45, 7) is 1.84. The van der Waals surface area contributed by atoms with Crippen molar-refractivity contribution in [2.45, 2.75) is 12.1 Å². The van der Waals surface area contributed by atoms with Crippen LogP contribution in [0, 0.1) is 6.92 Å². The van der Waals surface area contributed by atoms with Gasteiger partial charge in [-0.1, -0.05) is 35.5 Å². The van der Waals surface area contributed by atoms with Crippen LogP contribution in [0.3, 0.4) is 0 Å². The zero-order valence-corrected chi connectivity index (χ0v) is 15.4. The summed E-state index contributed by atoms with van der Waals surface area (Å²) in [6.07, 6.45) is 0. The van der Waals surface area contributed by atoms with Crippen molar-refractivity contribution in [2.75, 3.05) is 11.1 Å². The second-order valence-corrected chi connectivity index (χ2v) is 7.03. The zero-order valence-electron chi connectivity index (χ0n) is 13.8. The van der Waals surface area contributed by atoms with E-state index in [2.05, 4.69) is 20.4 Å². The van der Waals surface area contributed by atoms with Gasteiger partial charge in [0.15, 0.2) is 10.8 Å². The Morgan fingerprint density at radius 1 is 1.15 bits per heavy atom. The van der Waals surface area contributed by atoms with E-state index in [1.807, 2.05) is 31.2 Å². The first-order valence-electron chi connectivity index (χ1n) is 7.90. The number of aryl methyl sites for hydroxylation is 1. The number of rotatable bonds is 4. The number of nitrogens with zero attached hydrogens (tertiary/aromatic N) is 4. The molecule has 2 aromatic heterocycles. The van der Waals surface area contributed by atoms with Crippen molar-refractivity contribution >= 4 is 51.5 Å². The second kappa shape index (κ2) is 6.93. The number of carbonyl (C=O) groups excluding carboxylic acids is 1. The molecule has 0 saturated heterocycles. The molecule has 4 rings (SSSR count). The lowest BCUT2D eigenvalue weighted by molar-refractivity contribution is -0.113. The van der Waals surface area contributed by atoms with E-state index in [1.165, 1.54) is 11.8 Å². The van der Waals surface area contributed by atoms with Gasteiger partial charge in [-0.05, 0) is 43.3 Å². The zero-order chi connectivity index (χ0) is 18.1. The van der Waals surface area contributed by atoms with Crippen LogP contribution in [0.4, 0.5) is 5.69 Å². The van der Waals surface area contributed by atoms with Gasteiger partial charge in [0.05, 0.1) is 11.3 Å². The Hall–Kier alpha value is -2.64. The molecule has 4 aromatic rings. The van der Waals surface area contributed by atoms with Gasteiger partial charge in [-0.3, -0.25) is 4.79 Å². The molecule has 0 atom stereocenters. The minimum Gasteiger partial charge on any atom is -0.325 e. The third-order valence-corrected chi connectivity index (χ3v) is 4.90. The van der Waals surface area contributed by atoms with E-state index in [0.717, 1.165) is 16.6 Å². The molecule has 0 unspecified atom stereocenters. The van der Waals surface area contributed by atoms with E-state index in [1.54, 1.807) is 28.8 Å².